The van der Waals surface area contributed by atoms with Crippen LogP contribution in [0.15, 0.2) is 72.8 Å². The molecule has 7 aliphatic rings. The van der Waals surface area contributed by atoms with Gasteiger partial charge in [0.05, 0.1) is 0 Å². The van der Waals surface area contributed by atoms with Crippen molar-refractivity contribution in [2.75, 3.05) is 9.80 Å². The molecule has 4 aromatic rings. The van der Waals surface area contributed by atoms with Crippen LogP contribution < -0.4 is 36.6 Å². The molecule has 4 bridgehead atoms. The lowest BCUT2D eigenvalue weighted by Crippen LogP contribution is -2.80. The summed E-state index contributed by atoms with van der Waals surface area (Å²) in [5, 5.41) is 3.30. The largest absolute Gasteiger partial charge is 0.336 e. The minimum Gasteiger partial charge on any atom is -0.336 e. The zero-order chi connectivity index (χ0) is 30.6. The average Bonchev–Trinajstić information content (AvgIpc) is 2.98. The van der Waals surface area contributed by atoms with Gasteiger partial charge in [-0.1, -0.05) is 80.6 Å². The molecule has 0 amide bonds. The third kappa shape index (κ3) is 3.42. The van der Waals surface area contributed by atoms with Crippen molar-refractivity contribution in [3.05, 3.63) is 83.9 Å². The smallest absolute Gasteiger partial charge is 0.251 e. The number of nitrogens with zero attached hydrogens (tertiary/aromatic N) is 2. The lowest BCUT2D eigenvalue weighted by atomic mass is 9.33. The monoisotopic (exact) mass is 604 g/mol. The van der Waals surface area contributed by atoms with Crippen LogP contribution in [0.3, 0.4) is 0 Å². The highest BCUT2D eigenvalue weighted by atomic mass is 28.3. The van der Waals surface area contributed by atoms with E-state index in [4.69, 9.17) is 0 Å². The minimum absolute atomic E-state index is 0.133. The van der Waals surface area contributed by atoms with E-state index < -0.39 is 8.07 Å². The zero-order valence-electron chi connectivity index (χ0n) is 27.9. The summed E-state index contributed by atoms with van der Waals surface area (Å²) < 4.78 is 0. The Morgan fingerprint density at radius 1 is 0.689 bits per heavy atom. The summed E-state index contributed by atoms with van der Waals surface area (Å²) in [4.78, 5) is 5.64. The highest BCUT2D eigenvalue weighted by Crippen LogP contribution is 2.60. The Bertz CT molecular complexity index is 1900. The molecule has 0 spiro atoms. The van der Waals surface area contributed by atoms with E-state index in [1.54, 1.807) is 32.4 Å². The van der Waals surface area contributed by atoms with Crippen molar-refractivity contribution in [1.82, 2.24) is 0 Å². The first-order chi connectivity index (χ1) is 21.5. The van der Waals surface area contributed by atoms with E-state index in [9.17, 15) is 0 Å². The third-order valence-corrected chi connectivity index (χ3v) is 16.7. The third-order valence-electron chi connectivity index (χ3n) is 13.1. The maximum atomic E-state index is 2.99. The molecule has 0 radical (unpaired) electrons. The molecule has 4 fully saturated rings. The van der Waals surface area contributed by atoms with Gasteiger partial charge in [0.25, 0.3) is 6.71 Å². The number of hydrogen-bond acceptors (Lipinski definition) is 2. The van der Waals surface area contributed by atoms with E-state index in [0.29, 0.717) is 6.71 Å². The first-order valence-corrected chi connectivity index (χ1v) is 20.7. The summed E-state index contributed by atoms with van der Waals surface area (Å²) in [5.41, 5.74) is 15.1. The maximum absolute atomic E-state index is 2.99. The van der Waals surface area contributed by atoms with Gasteiger partial charge in [0, 0.05) is 34.0 Å². The maximum Gasteiger partial charge on any atom is 0.251 e. The van der Waals surface area contributed by atoms with Crippen LogP contribution in [-0.2, 0) is 5.41 Å². The summed E-state index contributed by atoms with van der Waals surface area (Å²) >= 11 is 0. The summed E-state index contributed by atoms with van der Waals surface area (Å²) in [6.07, 6.45) is 8.54. The van der Waals surface area contributed by atoms with Gasteiger partial charge < -0.3 is 9.80 Å². The molecule has 0 saturated heterocycles. The van der Waals surface area contributed by atoms with E-state index in [0.717, 1.165) is 17.8 Å². The second-order valence-corrected chi connectivity index (χ2v) is 21.7. The molecular formula is C41H45BN2Si. The summed E-state index contributed by atoms with van der Waals surface area (Å²) in [6.45, 7) is 14.8. The Kier molecular flexibility index (Phi) is 5.12. The van der Waals surface area contributed by atoms with E-state index >= 15 is 0 Å². The Morgan fingerprint density at radius 2 is 1.24 bits per heavy atom. The molecule has 0 atom stereocenters. The number of hydrogen-bond donors (Lipinski definition) is 0. The Labute approximate surface area is 270 Å². The summed E-state index contributed by atoms with van der Waals surface area (Å²) in [6, 6.07) is 29.3. The highest BCUT2D eigenvalue weighted by molar-refractivity contribution is 7.16. The van der Waals surface area contributed by atoms with Gasteiger partial charge in [-0.05, 0) is 133 Å². The molecule has 3 aliphatic heterocycles. The molecule has 11 rings (SSSR count). The van der Waals surface area contributed by atoms with E-state index in [-0.39, 0.29) is 11.0 Å². The van der Waals surface area contributed by atoms with E-state index in [1.165, 1.54) is 72.4 Å². The van der Waals surface area contributed by atoms with Crippen LogP contribution in [0.1, 0.15) is 70.4 Å². The highest BCUT2D eigenvalue weighted by Gasteiger charge is 2.58. The molecular weight excluding hydrogens is 559 g/mol. The summed E-state index contributed by atoms with van der Waals surface area (Å²) in [7, 11) is -1.96. The lowest BCUT2D eigenvalue weighted by Gasteiger charge is -2.63. The van der Waals surface area contributed by atoms with Gasteiger partial charge in [0.15, 0.2) is 0 Å². The SMILES string of the molecule is Cc1cc2c3c(c1)N(C14CC5CC(CC(C5)C1)C4)c1cccc4c1B3c1c(cccc1[Si]4(C)C)N2c1ccc(C(C)(C)C)cc1. The molecule has 4 saturated carbocycles. The first kappa shape index (κ1) is 26.9. The van der Waals surface area contributed by atoms with Gasteiger partial charge >= 0.3 is 0 Å². The Hall–Kier alpha value is -3.24. The number of benzene rings is 4. The van der Waals surface area contributed by atoms with Crippen molar-refractivity contribution in [3.8, 4) is 0 Å². The quantitative estimate of drug-likeness (QED) is 0.198. The molecule has 4 aromatic carbocycles. The fourth-order valence-corrected chi connectivity index (χ4v) is 14.9. The fourth-order valence-electron chi connectivity index (χ4n) is 11.7. The molecule has 0 aromatic heterocycles. The standard InChI is InChI=1S/C41H45BN2Si/c1-25-17-33-37-34(18-25)44(41-22-26-19-27(23-41)21-28(20-26)24-41)32-10-8-12-36-39(32)42(37)38-31(9-7-11-35(38)45(36,5)6)43(33)30-15-13-29(14-16-30)40(2,3)4/h7-18,26-28H,19-24H2,1-6H3. The molecule has 0 unspecified atom stereocenters. The van der Waals surface area contributed by atoms with Gasteiger partial charge in [-0.3, -0.25) is 0 Å². The second-order valence-electron chi connectivity index (χ2n) is 17.4. The van der Waals surface area contributed by atoms with Gasteiger partial charge in [0.2, 0.25) is 0 Å². The van der Waals surface area contributed by atoms with Crippen LogP contribution in [0.2, 0.25) is 13.1 Å². The minimum atomic E-state index is -1.96. The number of rotatable bonds is 2. The zero-order valence-corrected chi connectivity index (χ0v) is 28.9. The van der Waals surface area contributed by atoms with Crippen LogP contribution in [0, 0.1) is 24.7 Å². The topological polar surface area (TPSA) is 6.48 Å². The van der Waals surface area contributed by atoms with Crippen molar-refractivity contribution < 1.29 is 0 Å². The molecule has 2 nitrogen and oxygen atoms in total. The number of anilines is 5. The number of aryl methyl sites for hydroxylation is 1. The van der Waals surface area contributed by atoms with Gasteiger partial charge in [-0.25, -0.2) is 0 Å². The predicted octanol–water partition coefficient (Wildman–Crippen LogP) is 7.15. The van der Waals surface area contributed by atoms with E-state index in [1.807, 2.05) is 0 Å². The Morgan fingerprint density at radius 3 is 1.84 bits per heavy atom. The van der Waals surface area contributed by atoms with Gasteiger partial charge in [-0.15, -0.1) is 0 Å². The van der Waals surface area contributed by atoms with Crippen LogP contribution in [0.5, 0.6) is 0 Å². The Balaban J connectivity index is 1.29. The van der Waals surface area contributed by atoms with Crippen LogP contribution >= 0.6 is 0 Å². The fraction of sp³-hybridized carbons (Fsp3) is 0.415. The van der Waals surface area contributed by atoms with E-state index in [2.05, 4.69) is 123 Å². The van der Waals surface area contributed by atoms with Crippen molar-refractivity contribution >= 4 is 70.0 Å². The molecule has 226 valence electrons. The van der Waals surface area contributed by atoms with Gasteiger partial charge in [0.1, 0.15) is 8.07 Å². The molecule has 3 heterocycles. The van der Waals surface area contributed by atoms with Crippen molar-refractivity contribution in [2.24, 2.45) is 17.8 Å². The molecule has 45 heavy (non-hydrogen) atoms. The second kappa shape index (κ2) is 8.56. The molecule has 0 N–H and O–H groups in total. The normalized spacial score (nSPS) is 27.6. The van der Waals surface area contributed by atoms with Crippen LogP contribution in [0.25, 0.3) is 0 Å². The predicted molar refractivity (Wildman–Crippen MR) is 195 cm³/mol. The van der Waals surface area contributed by atoms with Crippen molar-refractivity contribution in [2.45, 2.75) is 90.3 Å². The lowest BCUT2D eigenvalue weighted by molar-refractivity contribution is 0.000640. The first-order valence-electron chi connectivity index (χ1n) is 17.7. The molecule has 4 aliphatic carbocycles. The van der Waals surface area contributed by atoms with Gasteiger partial charge in [-0.2, -0.15) is 0 Å². The average molecular weight is 605 g/mol. The van der Waals surface area contributed by atoms with Crippen molar-refractivity contribution in [1.29, 1.82) is 0 Å². The molecule has 4 heteroatoms. The van der Waals surface area contributed by atoms with Crippen molar-refractivity contribution in [3.63, 3.8) is 0 Å². The van der Waals surface area contributed by atoms with Crippen LogP contribution in [-0.4, -0.2) is 20.3 Å². The van der Waals surface area contributed by atoms with Crippen LogP contribution in [0.4, 0.5) is 28.4 Å². The summed E-state index contributed by atoms with van der Waals surface area (Å²) in [5.74, 6) is 2.72.